The number of ether oxygens (including phenoxy) is 2. The molecular formula is C17H22O4. The Labute approximate surface area is 125 Å². The molecule has 1 aromatic heterocycles. The number of para-hydroxylation sites is 1. The molecule has 21 heavy (non-hydrogen) atoms. The van der Waals surface area contributed by atoms with Crippen LogP contribution in [0.5, 0.6) is 5.75 Å². The lowest BCUT2D eigenvalue weighted by molar-refractivity contribution is -0.142. The maximum atomic E-state index is 11.8. The molecule has 2 rings (SSSR count). The molecule has 4 nitrogen and oxygen atoms in total. The van der Waals surface area contributed by atoms with Gasteiger partial charge in [-0.15, -0.1) is 0 Å². The highest BCUT2D eigenvalue weighted by Gasteiger charge is 2.20. The molecule has 0 amide bonds. The molecule has 0 radical (unpaired) electrons. The molecule has 0 aliphatic heterocycles. The van der Waals surface area contributed by atoms with Crippen molar-refractivity contribution in [1.82, 2.24) is 0 Å². The van der Waals surface area contributed by atoms with Crippen molar-refractivity contribution in [3.05, 3.63) is 29.5 Å². The van der Waals surface area contributed by atoms with Gasteiger partial charge in [0.2, 0.25) is 0 Å². The Bertz CT molecular complexity index is 625. The van der Waals surface area contributed by atoms with Gasteiger partial charge < -0.3 is 13.9 Å². The van der Waals surface area contributed by atoms with Crippen LogP contribution < -0.4 is 4.74 Å². The zero-order valence-electron chi connectivity index (χ0n) is 13.1. The number of fused-ring (bicyclic) bond motifs is 1. The molecule has 0 spiro atoms. The highest BCUT2D eigenvalue weighted by atomic mass is 16.5. The molecule has 0 bridgehead atoms. The second-order valence-electron chi connectivity index (χ2n) is 5.42. The molecular weight excluding hydrogens is 268 g/mol. The summed E-state index contributed by atoms with van der Waals surface area (Å²) in [6.07, 6.45) is 1.02. The smallest absolute Gasteiger partial charge is 0.313 e. The van der Waals surface area contributed by atoms with Crippen LogP contribution in [0, 0.1) is 5.92 Å². The molecule has 0 N–H and O–H groups in total. The number of hydrogen-bond donors (Lipinski definition) is 0. The summed E-state index contributed by atoms with van der Waals surface area (Å²) in [6.45, 7) is 6.47. The first-order valence-corrected chi connectivity index (χ1v) is 7.29. The zero-order chi connectivity index (χ0) is 15.4. The fourth-order valence-electron chi connectivity index (χ4n) is 2.47. The summed E-state index contributed by atoms with van der Waals surface area (Å²) in [7, 11) is 1.62. The fraction of sp³-hybridized carbons (Fsp3) is 0.471. The van der Waals surface area contributed by atoms with Gasteiger partial charge in [0.05, 0.1) is 13.7 Å². The highest BCUT2D eigenvalue weighted by Crippen LogP contribution is 2.34. The highest BCUT2D eigenvalue weighted by molar-refractivity contribution is 5.88. The Morgan fingerprint density at radius 2 is 2.10 bits per heavy atom. The topological polar surface area (TPSA) is 48.7 Å². The van der Waals surface area contributed by atoms with Crippen LogP contribution >= 0.6 is 0 Å². The predicted octanol–water partition coefficient (Wildman–Crippen LogP) is 3.75. The number of carbonyl (C=O) groups is 1. The fourth-order valence-corrected chi connectivity index (χ4v) is 2.47. The third-order valence-corrected chi connectivity index (χ3v) is 3.31. The SMILES string of the molecule is CCOC(=O)Cc1oc2c(OC)cccc2c1CC(C)C. The van der Waals surface area contributed by atoms with E-state index >= 15 is 0 Å². The Hall–Kier alpha value is -1.97. The second kappa shape index (κ2) is 6.66. The molecule has 0 fully saturated rings. The van der Waals surface area contributed by atoms with E-state index in [0.29, 0.717) is 29.6 Å². The van der Waals surface area contributed by atoms with E-state index in [-0.39, 0.29) is 12.4 Å². The minimum atomic E-state index is -0.263. The molecule has 1 heterocycles. The van der Waals surface area contributed by atoms with Crippen LogP contribution in [0.3, 0.4) is 0 Å². The number of hydrogen-bond acceptors (Lipinski definition) is 4. The van der Waals surface area contributed by atoms with Crippen molar-refractivity contribution < 1.29 is 18.7 Å². The van der Waals surface area contributed by atoms with E-state index in [2.05, 4.69) is 13.8 Å². The van der Waals surface area contributed by atoms with E-state index in [0.717, 1.165) is 17.4 Å². The zero-order valence-corrected chi connectivity index (χ0v) is 13.1. The molecule has 0 atom stereocenters. The van der Waals surface area contributed by atoms with Gasteiger partial charge in [-0.25, -0.2) is 0 Å². The van der Waals surface area contributed by atoms with Crippen molar-refractivity contribution in [2.24, 2.45) is 5.92 Å². The largest absolute Gasteiger partial charge is 0.493 e. The predicted molar refractivity (Wildman–Crippen MR) is 81.6 cm³/mol. The summed E-state index contributed by atoms with van der Waals surface area (Å²) >= 11 is 0. The van der Waals surface area contributed by atoms with Crippen molar-refractivity contribution in [2.45, 2.75) is 33.6 Å². The molecule has 0 aliphatic rings. The Kier molecular flexibility index (Phi) is 4.89. The number of carbonyl (C=O) groups excluding carboxylic acids is 1. The average Bonchev–Trinajstić information content (AvgIpc) is 2.76. The van der Waals surface area contributed by atoms with Gasteiger partial charge in [0.15, 0.2) is 11.3 Å². The summed E-state index contributed by atoms with van der Waals surface area (Å²) in [4.78, 5) is 11.8. The molecule has 0 saturated heterocycles. The van der Waals surface area contributed by atoms with Crippen LogP contribution in [0.4, 0.5) is 0 Å². The van der Waals surface area contributed by atoms with Gasteiger partial charge in [0.25, 0.3) is 0 Å². The van der Waals surface area contributed by atoms with Gasteiger partial charge in [-0.2, -0.15) is 0 Å². The number of rotatable bonds is 6. The first-order valence-electron chi connectivity index (χ1n) is 7.29. The van der Waals surface area contributed by atoms with Crippen molar-refractivity contribution in [2.75, 3.05) is 13.7 Å². The van der Waals surface area contributed by atoms with E-state index in [9.17, 15) is 4.79 Å². The minimum Gasteiger partial charge on any atom is -0.493 e. The summed E-state index contributed by atoms with van der Waals surface area (Å²) in [5, 5.41) is 1.02. The molecule has 0 unspecified atom stereocenters. The van der Waals surface area contributed by atoms with E-state index < -0.39 is 0 Å². The van der Waals surface area contributed by atoms with Crippen LogP contribution in [0.2, 0.25) is 0 Å². The van der Waals surface area contributed by atoms with Crippen LogP contribution in [-0.2, 0) is 22.4 Å². The van der Waals surface area contributed by atoms with Gasteiger partial charge in [-0.3, -0.25) is 4.79 Å². The Balaban J connectivity index is 2.49. The molecule has 0 aliphatic carbocycles. The van der Waals surface area contributed by atoms with Crippen LogP contribution in [0.25, 0.3) is 11.0 Å². The maximum absolute atomic E-state index is 11.8. The van der Waals surface area contributed by atoms with Crippen LogP contribution in [-0.4, -0.2) is 19.7 Å². The number of benzene rings is 1. The Morgan fingerprint density at radius 3 is 2.71 bits per heavy atom. The van der Waals surface area contributed by atoms with Gasteiger partial charge in [-0.1, -0.05) is 26.0 Å². The summed E-state index contributed by atoms with van der Waals surface area (Å²) < 4.78 is 16.3. The Morgan fingerprint density at radius 1 is 1.33 bits per heavy atom. The quantitative estimate of drug-likeness (QED) is 0.760. The van der Waals surface area contributed by atoms with Crippen molar-refractivity contribution >= 4 is 16.9 Å². The van der Waals surface area contributed by atoms with Gasteiger partial charge >= 0.3 is 5.97 Å². The lowest BCUT2D eigenvalue weighted by atomic mass is 9.99. The summed E-state index contributed by atoms with van der Waals surface area (Å²) in [6, 6.07) is 5.81. The monoisotopic (exact) mass is 290 g/mol. The standard InChI is InChI=1S/C17H22O4/c1-5-20-16(18)10-15-13(9-11(2)3)12-7-6-8-14(19-4)17(12)21-15/h6-8,11H,5,9-10H2,1-4H3. The summed E-state index contributed by atoms with van der Waals surface area (Å²) in [5.41, 5.74) is 1.78. The second-order valence-corrected chi connectivity index (χ2v) is 5.42. The normalized spacial score (nSPS) is 11.1. The van der Waals surface area contributed by atoms with Crippen molar-refractivity contribution in [3.63, 3.8) is 0 Å². The summed E-state index contributed by atoms with van der Waals surface area (Å²) in [5.74, 6) is 1.58. The van der Waals surface area contributed by atoms with Gasteiger partial charge in [-0.05, 0) is 25.3 Å². The average molecular weight is 290 g/mol. The number of methoxy groups -OCH3 is 1. The van der Waals surface area contributed by atoms with E-state index in [4.69, 9.17) is 13.9 Å². The van der Waals surface area contributed by atoms with Gasteiger partial charge in [0, 0.05) is 10.9 Å². The third kappa shape index (κ3) is 3.38. The first kappa shape index (κ1) is 15.4. The van der Waals surface area contributed by atoms with E-state index in [1.807, 2.05) is 18.2 Å². The first-order chi connectivity index (χ1) is 10.1. The minimum absolute atomic E-state index is 0.160. The molecule has 0 saturated carbocycles. The lowest BCUT2D eigenvalue weighted by Gasteiger charge is -2.06. The van der Waals surface area contributed by atoms with E-state index in [1.54, 1.807) is 14.0 Å². The molecule has 1 aromatic carbocycles. The van der Waals surface area contributed by atoms with Crippen LogP contribution in [0.15, 0.2) is 22.6 Å². The molecule has 2 aromatic rings. The lowest BCUT2D eigenvalue weighted by Crippen LogP contribution is -2.09. The van der Waals surface area contributed by atoms with Crippen molar-refractivity contribution in [1.29, 1.82) is 0 Å². The third-order valence-electron chi connectivity index (χ3n) is 3.31. The number of furan rings is 1. The molecule has 4 heteroatoms. The number of esters is 1. The maximum Gasteiger partial charge on any atom is 0.313 e. The molecule has 114 valence electrons. The van der Waals surface area contributed by atoms with Gasteiger partial charge in [0.1, 0.15) is 12.2 Å². The van der Waals surface area contributed by atoms with E-state index in [1.165, 1.54) is 0 Å². The van der Waals surface area contributed by atoms with Crippen molar-refractivity contribution in [3.8, 4) is 5.75 Å². The van der Waals surface area contributed by atoms with Crippen LogP contribution in [0.1, 0.15) is 32.1 Å².